The van der Waals surface area contributed by atoms with Gasteiger partial charge >= 0.3 is 0 Å². The lowest BCUT2D eigenvalue weighted by atomic mass is 9.61. The van der Waals surface area contributed by atoms with Crippen molar-refractivity contribution in [1.82, 2.24) is 0 Å². The number of benzene rings is 8. The average molecular weight is 792 g/mol. The summed E-state index contributed by atoms with van der Waals surface area (Å²) in [7, 11) is 0. The summed E-state index contributed by atoms with van der Waals surface area (Å²) in [5.74, 6) is 0. The lowest BCUT2D eigenvalue weighted by Crippen LogP contribution is -2.32. The Morgan fingerprint density at radius 3 is 1.49 bits per heavy atom. The summed E-state index contributed by atoms with van der Waals surface area (Å²) in [6.45, 7) is 20.7. The monoisotopic (exact) mass is 791 g/mol. The van der Waals surface area contributed by atoms with Gasteiger partial charge in [-0.3, -0.25) is 0 Å². The van der Waals surface area contributed by atoms with E-state index in [4.69, 9.17) is 4.42 Å². The molecule has 2 aliphatic rings. The molecule has 11 rings (SSSR count). The number of hydrogen-bond donors (Lipinski definition) is 0. The Bertz CT molecular complexity index is 3130. The second-order valence-electron chi connectivity index (χ2n) is 20.5. The van der Waals surface area contributed by atoms with Crippen molar-refractivity contribution in [3.8, 4) is 22.3 Å². The van der Waals surface area contributed by atoms with E-state index < -0.39 is 5.41 Å². The van der Waals surface area contributed by atoms with E-state index in [9.17, 15) is 0 Å². The van der Waals surface area contributed by atoms with Gasteiger partial charge in [-0.15, -0.1) is 0 Å². The van der Waals surface area contributed by atoms with Gasteiger partial charge in [0.1, 0.15) is 5.58 Å². The Balaban J connectivity index is 1.24. The molecule has 300 valence electrons. The molecule has 0 bridgehead atoms. The molecule has 0 amide bonds. The van der Waals surface area contributed by atoms with Crippen LogP contribution in [0.25, 0.3) is 55.0 Å². The summed E-state index contributed by atoms with van der Waals surface area (Å²) in [4.78, 5) is 2.38. The van der Waals surface area contributed by atoms with E-state index in [0.717, 1.165) is 39.0 Å². The molecule has 0 atom stereocenters. The van der Waals surface area contributed by atoms with Crippen molar-refractivity contribution in [3.05, 3.63) is 197 Å². The van der Waals surface area contributed by atoms with E-state index in [2.05, 4.69) is 225 Å². The molecule has 2 aliphatic carbocycles. The lowest BCUT2D eigenvalue weighted by molar-refractivity contribution is 0.590. The Morgan fingerprint density at radius 1 is 0.393 bits per heavy atom. The molecule has 1 heterocycles. The summed E-state index contributed by atoms with van der Waals surface area (Å²) in [6.07, 6.45) is 0. The standard InChI is InChI=1S/C59H53NO/c1-56(2,3)36-24-28-38(29-25-36)60(39-30-26-37(27-31-39)57(4,5)6)51-23-15-18-42-43-32-35-50-53(55(43)61-54(42)51)45-33-34-46(58(7,8)9)44-19-14-22-49(52(44)45)59(50)47-20-12-10-16-40(47)41-17-11-13-21-48(41)59/h10-35H,1-9H3. The SMILES string of the molecule is CC(C)(C)c1ccc(N(c2ccc(C(C)(C)C)cc2)c2cccc3c2oc2c4c(ccc23)C2(c3ccccc3-c3ccccc32)c2cccc3c(C(C)(C)C)ccc-4c23)cc1. The van der Waals surface area contributed by atoms with Crippen molar-refractivity contribution in [3.63, 3.8) is 0 Å². The summed E-state index contributed by atoms with van der Waals surface area (Å²) < 4.78 is 7.54. The molecule has 1 spiro atoms. The maximum absolute atomic E-state index is 7.54. The molecule has 0 aliphatic heterocycles. The molecular weight excluding hydrogens is 739 g/mol. The third-order valence-electron chi connectivity index (χ3n) is 13.7. The van der Waals surface area contributed by atoms with E-state index in [0.29, 0.717) is 0 Å². The zero-order valence-electron chi connectivity index (χ0n) is 36.9. The van der Waals surface area contributed by atoms with E-state index in [1.165, 1.54) is 72.0 Å². The largest absolute Gasteiger partial charge is 0.453 e. The van der Waals surface area contributed by atoms with Crippen molar-refractivity contribution in [2.75, 3.05) is 4.90 Å². The van der Waals surface area contributed by atoms with Crippen LogP contribution >= 0.6 is 0 Å². The van der Waals surface area contributed by atoms with Crippen molar-refractivity contribution in [2.45, 2.75) is 84.0 Å². The maximum Gasteiger partial charge on any atom is 0.159 e. The van der Waals surface area contributed by atoms with Gasteiger partial charge in [-0.2, -0.15) is 0 Å². The Labute approximate surface area is 360 Å². The highest BCUT2D eigenvalue weighted by Crippen LogP contribution is 2.63. The molecule has 0 saturated heterocycles. The molecular formula is C59H53NO. The van der Waals surface area contributed by atoms with E-state index >= 15 is 0 Å². The molecule has 9 aromatic rings. The second-order valence-corrected chi connectivity index (χ2v) is 20.5. The first-order chi connectivity index (χ1) is 29.2. The van der Waals surface area contributed by atoms with Crippen LogP contribution in [0.5, 0.6) is 0 Å². The van der Waals surface area contributed by atoms with Crippen LogP contribution in [0.15, 0.2) is 162 Å². The first kappa shape index (κ1) is 37.6. The zero-order valence-corrected chi connectivity index (χ0v) is 36.9. The number of anilines is 3. The fraction of sp³-hybridized carbons (Fsp3) is 0.220. The molecule has 1 aromatic heterocycles. The van der Waals surface area contributed by atoms with Crippen molar-refractivity contribution >= 4 is 49.8 Å². The van der Waals surface area contributed by atoms with Crippen LogP contribution in [0.2, 0.25) is 0 Å². The Hall–Kier alpha value is -6.38. The van der Waals surface area contributed by atoms with Crippen LogP contribution in [0.3, 0.4) is 0 Å². The van der Waals surface area contributed by atoms with Crippen LogP contribution in [0, 0.1) is 0 Å². The summed E-state index contributed by atoms with van der Waals surface area (Å²) in [5, 5.41) is 4.87. The minimum Gasteiger partial charge on any atom is -0.453 e. The normalized spacial score (nSPS) is 14.1. The third-order valence-corrected chi connectivity index (χ3v) is 13.7. The van der Waals surface area contributed by atoms with Crippen molar-refractivity contribution in [2.24, 2.45) is 0 Å². The van der Waals surface area contributed by atoms with E-state index in [1.54, 1.807) is 0 Å². The van der Waals surface area contributed by atoms with Gasteiger partial charge < -0.3 is 9.32 Å². The highest BCUT2D eigenvalue weighted by Gasteiger charge is 2.51. The van der Waals surface area contributed by atoms with Crippen LogP contribution in [0.1, 0.15) is 101 Å². The Morgan fingerprint density at radius 2 is 0.918 bits per heavy atom. The van der Waals surface area contributed by atoms with Gasteiger partial charge in [0.25, 0.3) is 0 Å². The fourth-order valence-electron chi connectivity index (χ4n) is 10.8. The number of furan rings is 1. The molecule has 8 aromatic carbocycles. The van der Waals surface area contributed by atoms with Crippen LogP contribution < -0.4 is 4.90 Å². The predicted molar refractivity (Wildman–Crippen MR) is 258 cm³/mol. The lowest BCUT2D eigenvalue weighted by Gasteiger charge is -2.40. The summed E-state index contributed by atoms with van der Waals surface area (Å²) >= 11 is 0. The Kier molecular flexibility index (Phi) is 7.90. The minimum atomic E-state index is -0.531. The summed E-state index contributed by atoms with van der Waals surface area (Å²) in [6, 6.07) is 59.6. The molecule has 0 radical (unpaired) electrons. The highest BCUT2D eigenvalue weighted by atomic mass is 16.3. The maximum atomic E-state index is 7.54. The molecule has 2 nitrogen and oxygen atoms in total. The number of hydrogen-bond acceptors (Lipinski definition) is 2. The smallest absolute Gasteiger partial charge is 0.159 e. The average Bonchev–Trinajstić information content (AvgIpc) is 3.77. The molecule has 0 unspecified atom stereocenters. The number of fused-ring (bicyclic) bond motifs is 13. The van der Waals surface area contributed by atoms with Crippen LogP contribution in [-0.4, -0.2) is 0 Å². The molecule has 61 heavy (non-hydrogen) atoms. The van der Waals surface area contributed by atoms with Gasteiger partial charge in [0.15, 0.2) is 5.58 Å². The fourth-order valence-corrected chi connectivity index (χ4v) is 10.8. The van der Waals surface area contributed by atoms with E-state index in [1.807, 2.05) is 0 Å². The van der Waals surface area contributed by atoms with E-state index in [-0.39, 0.29) is 16.2 Å². The summed E-state index contributed by atoms with van der Waals surface area (Å²) in [5.41, 5.74) is 18.8. The highest BCUT2D eigenvalue weighted by molar-refractivity contribution is 6.19. The van der Waals surface area contributed by atoms with Crippen molar-refractivity contribution in [1.29, 1.82) is 0 Å². The predicted octanol–water partition coefficient (Wildman–Crippen LogP) is 16.4. The third kappa shape index (κ3) is 5.34. The molecule has 0 N–H and O–H groups in total. The first-order valence-corrected chi connectivity index (χ1v) is 21.9. The van der Waals surface area contributed by atoms with Gasteiger partial charge in [-0.25, -0.2) is 0 Å². The van der Waals surface area contributed by atoms with Crippen LogP contribution in [0.4, 0.5) is 17.1 Å². The van der Waals surface area contributed by atoms with Gasteiger partial charge in [0.05, 0.1) is 11.1 Å². The topological polar surface area (TPSA) is 16.4 Å². The molecule has 0 saturated carbocycles. The number of nitrogens with zero attached hydrogens (tertiary/aromatic N) is 1. The zero-order chi connectivity index (χ0) is 42.2. The molecule has 0 fully saturated rings. The molecule has 2 heteroatoms. The van der Waals surface area contributed by atoms with Gasteiger partial charge in [-0.1, -0.05) is 190 Å². The minimum absolute atomic E-state index is 0.0440. The number of rotatable bonds is 3. The van der Waals surface area contributed by atoms with Gasteiger partial charge in [-0.05, 0) is 113 Å². The second kappa shape index (κ2) is 12.8. The number of para-hydroxylation sites is 1. The van der Waals surface area contributed by atoms with Gasteiger partial charge in [0.2, 0.25) is 0 Å². The first-order valence-electron chi connectivity index (χ1n) is 21.9. The van der Waals surface area contributed by atoms with Gasteiger partial charge in [0, 0.05) is 27.7 Å². The van der Waals surface area contributed by atoms with Crippen molar-refractivity contribution < 1.29 is 4.42 Å². The van der Waals surface area contributed by atoms with Crippen LogP contribution in [-0.2, 0) is 21.7 Å². The quantitative estimate of drug-likeness (QED) is 0.177.